The fourth-order valence-electron chi connectivity index (χ4n) is 2.93. The van der Waals surface area contributed by atoms with Crippen LogP contribution in [0.25, 0.3) is 32.0 Å². The fourth-order valence-corrected chi connectivity index (χ4v) is 3.86. The lowest BCUT2D eigenvalue weighted by Crippen LogP contribution is -2.11. The summed E-state index contributed by atoms with van der Waals surface area (Å²) in [4.78, 5) is 18.6. The van der Waals surface area contributed by atoms with E-state index in [4.69, 9.17) is 9.47 Å². The van der Waals surface area contributed by atoms with Crippen LogP contribution in [0.15, 0.2) is 24.4 Å². The van der Waals surface area contributed by atoms with Gasteiger partial charge >= 0.3 is 0 Å². The van der Waals surface area contributed by atoms with Crippen LogP contribution in [0.3, 0.4) is 0 Å². The third-order valence-electron chi connectivity index (χ3n) is 4.48. The van der Waals surface area contributed by atoms with Crippen molar-refractivity contribution in [2.45, 2.75) is 40.2 Å². The third kappa shape index (κ3) is 3.85. The lowest BCUT2D eigenvalue weighted by atomic mass is 10.1. The first-order valence-electron chi connectivity index (χ1n) is 9.52. The van der Waals surface area contributed by atoms with E-state index in [-0.39, 0.29) is 12.0 Å². The zero-order chi connectivity index (χ0) is 20.5. The van der Waals surface area contributed by atoms with Crippen molar-refractivity contribution in [1.82, 2.24) is 19.9 Å². The summed E-state index contributed by atoms with van der Waals surface area (Å²) in [6.45, 7) is 8.28. The van der Waals surface area contributed by atoms with Gasteiger partial charge in [0.1, 0.15) is 15.4 Å². The molecular formula is C21H21FN4O2S. The Morgan fingerprint density at radius 2 is 1.93 bits per heavy atom. The number of fused-ring (bicyclic) bond motifs is 2. The summed E-state index contributed by atoms with van der Waals surface area (Å²) in [5.74, 6) is -0.0152. The van der Waals surface area contributed by atoms with Crippen molar-refractivity contribution in [3.05, 3.63) is 35.8 Å². The summed E-state index contributed by atoms with van der Waals surface area (Å²) in [6.07, 6.45) is 2.26. The molecule has 0 N–H and O–H groups in total. The molecule has 8 heteroatoms. The molecule has 1 atom stereocenters. The third-order valence-corrected chi connectivity index (χ3v) is 5.48. The van der Waals surface area contributed by atoms with Crippen molar-refractivity contribution in [1.29, 1.82) is 0 Å². The predicted octanol–water partition coefficient (Wildman–Crippen LogP) is 5.33. The minimum Gasteiger partial charge on any atom is -0.477 e. The van der Waals surface area contributed by atoms with E-state index in [0.29, 0.717) is 27.8 Å². The van der Waals surface area contributed by atoms with Gasteiger partial charge in [-0.3, -0.25) is 0 Å². The number of nitrogens with zero attached hydrogens (tertiary/aromatic N) is 4. The van der Waals surface area contributed by atoms with E-state index in [2.05, 4.69) is 19.9 Å². The van der Waals surface area contributed by atoms with Gasteiger partial charge in [-0.25, -0.2) is 19.3 Å². The SMILES string of the molecule is CCOc1cnc2c(-c3nc4cc(F)c(O[C@@H](C)CC)nc4s3)cc(C)cc2n1. The second-order valence-electron chi connectivity index (χ2n) is 6.78. The van der Waals surface area contributed by atoms with E-state index >= 15 is 0 Å². The molecule has 0 aliphatic carbocycles. The molecule has 0 amide bonds. The van der Waals surface area contributed by atoms with Gasteiger partial charge in [0.25, 0.3) is 5.88 Å². The lowest BCUT2D eigenvalue weighted by Gasteiger charge is -2.11. The molecule has 3 aromatic heterocycles. The highest BCUT2D eigenvalue weighted by atomic mass is 32.1. The normalized spacial score (nSPS) is 12.4. The van der Waals surface area contributed by atoms with E-state index in [0.717, 1.165) is 28.6 Å². The smallest absolute Gasteiger partial charge is 0.252 e. The van der Waals surface area contributed by atoms with Crippen LogP contribution in [0.2, 0.25) is 0 Å². The Labute approximate surface area is 171 Å². The van der Waals surface area contributed by atoms with Gasteiger partial charge in [0, 0.05) is 11.6 Å². The highest BCUT2D eigenvalue weighted by Gasteiger charge is 2.17. The molecular weight excluding hydrogens is 391 g/mol. The number of rotatable bonds is 6. The number of aryl methyl sites for hydroxylation is 1. The van der Waals surface area contributed by atoms with Crippen LogP contribution in [-0.2, 0) is 0 Å². The number of pyridine rings is 1. The fraction of sp³-hybridized carbons (Fsp3) is 0.333. The topological polar surface area (TPSA) is 70.0 Å². The van der Waals surface area contributed by atoms with E-state index in [1.165, 1.54) is 17.4 Å². The Balaban J connectivity index is 1.82. The molecule has 0 aliphatic rings. The standard InChI is InChI=1S/C21H21FN4O2S/c1-5-12(4)28-19-14(22)9-16-21(26-19)29-20(25-16)13-7-11(3)8-15-18(13)23-10-17(24-15)27-6-2/h7-10,12H,5-6H2,1-4H3/t12-/m0/s1. The average Bonchev–Trinajstić information content (AvgIpc) is 3.10. The van der Waals surface area contributed by atoms with E-state index in [1.54, 1.807) is 6.20 Å². The van der Waals surface area contributed by atoms with Gasteiger partial charge in [-0.15, -0.1) is 0 Å². The summed E-state index contributed by atoms with van der Waals surface area (Å²) in [5, 5.41) is 0.708. The first kappa shape index (κ1) is 19.4. The zero-order valence-electron chi connectivity index (χ0n) is 16.7. The number of ether oxygens (including phenoxy) is 2. The van der Waals surface area contributed by atoms with Crippen molar-refractivity contribution in [2.75, 3.05) is 6.61 Å². The molecule has 3 heterocycles. The van der Waals surface area contributed by atoms with Crippen LogP contribution in [0.4, 0.5) is 4.39 Å². The van der Waals surface area contributed by atoms with Crippen molar-refractivity contribution >= 4 is 32.7 Å². The Hall–Kier alpha value is -2.87. The molecule has 1 aromatic carbocycles. The van der Waals surface area contributed by atoms with Crippen molar-refractivity contribution in [3.8, 4) is 22.3 Å². The number of aromatic nitrogens is 4. The Bertz CT molecular complexity index is 1190. The molecule has 0 spiro atoms. The Morgan fingerprint density at radius 3 is 2.69 bits per heavy atom. The van der Waals surface area contributed by atoms with E-state index < -0.39 is 5.82 Å². The van der Waals surface area contributed by atoms with Gasteiger partial charge in [-0.2, -0.15) is 4.98 Å². The maximum absolute atomic E-state index is 14.4. The minimum absolute atomic E-state index is 0.0114. The highest BCUT2D eigenvalue weighted by Crippen LogP contribution is 2.35. The van der Waals surface area contributed by atoms with Crippen LogP contribution in [0, 0.1) is 12.7 Å². The summed E-state index contributed by atoms with van der Waals surface area (Å²) in [6, 6.07) is 5.33. The monoisotopic (exact) mass is 412 g/mol. The molecule has 0 radical (unpaired) electrons. The van der Waals surface area contributed by atoms with Gasteiger partial charge in [0.05, 0.1) is 29.9 Å². The van der Waals surface area contributed by atoms with Crippen LogP contribution >= 0.6 is 11.3 Å². The second-order valence-corrected chi connectivity index (χ2v) is 7.75. The maximum Gasteiger partial charge on any atom is 0.252 e. The highest BCUT2D eigenvalue weighted by molar-refractivity contribution is 7.21. The summed E-state index contributed by atoms with van der Waals surface area (Å²) < 4.78 is 25.5. The van der Waals surface area contributed by atoms with Crippen molar-refractivity contribution in [3.63, 3.8) is 0 Å². The van der Waals surface area contributed by atoms with Crippen LogP contribution in [-0.4, -0.2) is 32.6 Å². The number of halogens is 1. The average molecular weight is 412 g/mol. The predicted molar refractivity (Wildman–Crippen MR) is 112 cm³/mol. The molecule has 0 aliphatic heterocycles. The molecule has 4 aromatic rings. The molecule has 150 valence electrons. The van der Waals surface area contributed by atoms with Gasteiger partial charge in [0.2, 0.25) is 5.88 Å². The van der Waals surface area contributed by atoms with Gasteiger partial charge in [0.15, 0.2) is 5.82 Å². The zero-order valence-corrected chi connectivity index (χ0v) is 17.5. The summed E-state index contributed by atoms with van der Waals surface area (Å²) in [5.41, 5.74) is 3.80. The number of hydrogen-bond acceptors (Lipinski definition) is 7. The van der Waals surface area contributed by atoms with E-state index in [9.17, 15) is 4.39 Å². The lowest BCUT2D eigenvalue weighted by molar-refractivity contribution is 0.199. The summed E-state index contributed by atoms with van der Waals surface area (Å²) >= 11 is 1.38. The first-order chi connectivity index (χ1) is 14.0. The molecule has 0 bridgehead atoms. The molecule has 0 saturated heterocycles. The summed E-state index contributed by atoms with van der Waals surface area (Å²) in [7, 11) is 0. The maximum atomic E-state index is 14.4. The van der Waals surface area contributed by atoms with Gasteiger partial charge in [-0.1, -0.05) is 18.3 Å². The van der Waals surface area contributed by atoms with Crippen LogP contribution < -0.4 is 9.47 Å². The molecule has 4 rings (SSSR count). The largest absolute Gasteiger partial charge is 0.477 e. The molecule has 0 unspecified atom stereocenters. The van der Waals surface area contributed by atoms with Crippen LogP contribution in [0.1, 0.15) is 32.8 Å². The molecule has 0 fully saturated rings. The van der Waals surface area contributed by atoms with Gasteiger partial charge in [-0.05, 0) is 44.9 Å². The Morgan fingerprint density at radius 1 is 1.10 bits per heavy atom. The molecule has 6 nitrogen and oxygen atoms in total. The number of thiazole rings is 1. The number of benzene rings is 1. The quantitative estimate of drug-likeness (QED) is 0.427. The van der Waals surface area contributed by atoms with Crippen molar-refractivity contribution in [2.24, 2.45) is 0 Å². The number of hydrogen-bond donors (Lipinski definition) is 0. The van der Waals surface area contributed by atoms with E-state index in [1.807, 2.05) is 39.8 Å². The van der Waals surface area contributed by atoms with Gasteiger partial charge < -0.3 is 9.47 Å². The van der Waals surface area contributed by atoms with Crippen LogP contribution in [0.5, 0.6) is 11.8 Å². The minimum atomic E-state index is -0.509. The van der Waals surface area contributed by atoms with Crippen molar-refractivity contribution < 1.29 is 13.9 Å². The molecule has 0 saturated carbocycles. The first-order valence-corrected chi connectivity index (χ1v) is 10.3. The second kappa shape index (κ2) is 7.87. The molecule has 29 heavy (non-hydrogen) atoms. The Kier molecular flexibility index (Phi) is 5.27.